The van der Waals surface area contributed by atoms with Crippen LogP contribution in [0.25, 0.3) is 0 Å². The van der Waals surface area contributed by atoms with Crippen LogP contribution in [0.15, 0.2) is 46.9 Å². The number of carbonyl (C=O) groups is 3. The van der Waals surface area contributed by atoms with E-state index in [1.54, 1.807) is 24.3 Å². The van der Waals surface area contributed by atoms with Gasteiger partial charge in [0.05, 0.1) is 17.9 Å². The maximum atomic E-state index is 13.7. The number of thioether (sulfide) groups is 1. The Kier molecular flexibility index (Phi) is 5.19. The molecule has 5 nitrogen and oxygen atoms in total. The molecular formula is C17H12BrFN2O3S. The fourth-order valence-corrected chi connectivity index (χ4v) is 3.37. The molecule has 1 aliphatic rings. The zero-order valence-electron chi connectivity index (χ0n) is 12.8. The third-order valence-corrected chi connectivity index (χ3v) is 4.92. The predicted molar refractivity (Wildman–Crippen MR) is 96.9 cm³/mol. The van der Waals surface area contributed by atoms with Gasteiger partial charge in [0.2, 0.25) is 5.91 Å². The average molecular weight is 423 g/mol. The summed E-state index contributed by atoms with van der Waals surface area (Å²) in [6.07, 6.45) is 0. The molecule has 0 unspecified atom stereocenters. The first-order chi connectivity index (χ1) is 11.9. The highest BCUT2D eigenvalue weighted by molar-refractivity contribution is 9.10. The van der Waals surface area contributed by atoms with Crippen LogP contribution < -0.4 is 5.32 Å². The van der Waals surface area contributed by atoms with E-state index in [1.165, 1.54) is 23.1 Å². The van der Waals surface area contributed by atoms with Crippen molar-refractivity contribution >= 4 is 50.4 Å². The smallest absolute Gasteiger partial charge is 0.289 e. The van der Waals surface area contributed by atoms with Crippen LogP contribution in [0.2, 0.25) is 0 Å². The zero-order valence-corrected chi connectivity index (χ0v) is 15.2. The second-order valence-corrected chi connectivity index (χ2v) is 7.15. The molecule has 8 heteroatoms. The van der Waals surface area contributed by atoms with Gasteiger partial charge in [-0.1, -0.05) is 39.8 Å². The van der Waals surface area contributed by atoms with E-state index in [4.69, 9.17) is 0 Å². The van der Waals surface area contributed by atoms with Crippen molar-refractivity contribution in [2.75, 3.05) is 11.1 Å². The Morgan fingerprint density at radius 2 is 1.92 bits per heavy atom. The second kappa shape index (κ2) is 7.37. The first kappa shape index (κ1) is 17.6. The van der Waals surface area contributed by atoms with Crippen molar-refractivity contribution in [3.8, 4) is 0 Å². The molecule has 1 fully saturated rings. The minimum absolute atomic E-state index is 0.0660. The molecular weight excluding hydrogens is 411 g/mol. The molecule has 2 aromatic rings. The maximum Gasteiger partial charge on any atom is 0.289 e. The molecule has 0 saturated carbocycles. The lowest BCUT2D eigenvalue weighted by atomic mass is 10.1. The van der Waals surface area contributed by atoms with Gasteiger partial charge >= 0.3 is 0 Å². The van der Waals surface area contributed by atoms with Crippen LogP contribution in [-0.4, -0.2) is 27.7 Å². The SMILES string of the molecule is O=C(Nc1ccc(CN2C(=O)CSC2=O)cc1)c1cc(Br)ccc1F. The normalized spacial score (nSPS) is 14.1. The van der Waals surface area contributed by atoms with Gasteiger partial charge in [-0.3, -0.25) is 19.3 Å². The number of benzene rings is 2. The number of halogens is 2. The van der Waals surface area contributed by atoms with E-state index in [0.29, 0.717) is 10.2 Å². The van der Waals surface area contributed by atoms with Crippen molar-refractivity contribution in [3.05, 3.63) is 63.9 Å². The van der Waals surface area contributed by atoms with Crippen LogP contribution in [-0.2, 0) is 11.3 Å². The molecule has 0 atom stereocenters. The third kappa shape index (κ3) is 4.08. The zero-order chi connectivity index (χ0) is 18.0. The van der Waals surface area contributed by atoms with Crippen LogP contribution in [0, 0.1) is 5.82 Å². The van der Waals surface area contributed by atoms with Crippen LogP contribution in [0.3, 0.4) is 0 Å². The number of hydrogen-bond donors (Lipinski definition) is 1. The maximum absolute atomic E-state index is 13.7. The molecule has 3 rings (SSSR count). The van der Waals surface area contributed by atoms with Gasteiger partial charge in [-0.2, -0.15) is 0 Å². The lowest BCUT2D eigenvalue weighted by molar-refractivity contribution is -0.125. The van der Waals surface area contributed by atoms with E-state index in [1.807, 2.05) is 0 Å². The molecule has 0 aromatic heterocycles. The Hall–Kier alpha value is -2.19. The van der Waals surface area contributed by atoms with Gasteiger partial charge in [0.25, 0.3) is 11.1 Å². The Bertz CT molecular complexity index is 841. The average Bonchev–Trinajstić information content (AvgIpc) is 2.90. The van der Waals surface area contributed by atoms with E-state index >= 15 is 0 Å². The number of amides is 3. The van der Waals surface area contributed by atoms with Crippen LogP contribution in [0.5, 0.6) is 0 Å². The van der Waals surface area contributed by atoms with Crippen molar-refractivity contribution in [2.24, 2.45) is 0 Å². The Labute approximate surface area is 155 Å². The van der Waals surface area contributed by atoms with E-state index < -0.39 is 11.7 Å². The van der Waals surface area contributed by atoms with Crippen molar-refractivity contribution in [1.82, 2.24) is 4.90 Å². The second-order valence-electron chi connectivity index (χ2n) is 5.31. The summed E-state index contributed by atoms with van der Waals surface area (Å²) < 4.78 is 14.3. The number of hydrogen-bond acceptors (Lipinski definition) is 4. The van der Waals surface area contributed by atoms with Gasteiger partial charge in [0.15, 0.2) is 0 Å². The Morgan fingerprint density at radius 1 is 1.20 bits per heavy atom. The first-order valence-corrected chi connectivity index (χ1v) is 9.04. The van der Waals surface area contributed by atoms with Crippen molar-refractivity contribution in [1.29, 1.82) is 0 Å². The van der Waals surface area contributed by atoms with Crippen molar-refractivity contribution in [3.63, 3.8) is 0 Å². The summed E-state index contributed by atoms with van der Waals surface area (Å²) in [4.78, 5) is 36.5. The Balaban J connectivity index is 1.68. The van der Waals surface area contributed by atoms with Crippen LogP contribution in [0.1, 0.15) is 15.9 Å². The lowest BCUT2D eigenvalue weighted by Crippen LogP contribution is -2.27. The molecule has 0 bridgehead atoms. The number of rotatable bonds is 4. The molecule has 1 saturated heterocycles. The summed E-state index contributed by atoms with van der Waals surface area (Å²) in [5.41, 5.74) is 1.18. The molecule has 25 heavy (non-hydrogen) atoms. The molecule has 2 aromatic carbocycles. The molecule has 1 heterocycles. The molecule has 1 N–H and O–H groups in total. The van der Waals surface area contributed by atoms with Crippen molar-refractivity contribution < 1.29 is 18.8 Å². The highest BCUT2D eigenvalue weighted by Gasteiger charge is 2.29. The largest absolute Gasteiger partial charge is 0.322 e. The highest BCUT2D eigenvalue weighted by Crippen LogP contribution is 2.22. The molecule has 0 aliphatic carbocycles. The Morgan fingerprint density at radius 3 is 2.56 bits per heavy atom. The van der Waals surface area contributed by atoms with E-state index in [0.717, 1.165) is 17.3 Å². The predicted octanol–water partition coefficient (Wildman–Crippen LogP) is 4.04. The number of nitrogens with zero attached hydrogens (tertiary/aromatic N) is 1. The number of anilines is 1. The molecule has 1 aliphatic heterocycles. The van der Waals surface area contributed by atoms with Crippen LogP contribution >= 0.6 is 27.7 Å². The summed E-state index contributed by atoms with van der Waals surface area (Å²) >= 11 is 4.19. The number of carbonyl (C=O) groups excluding carboxylic acids is 3. The molecule has 128 valence electrons. The summed E-state index contributed by atoms with van der Waals surface area (Å²) in [6.45, 7) is 0.194. The minimum Gasteiger partial charge on any atom is -0.322 e. The standard InChI is InChI=1S/C17H12BrFN2O3S/c18-11-3-6-14(19)13(7-11)16(23)20-12-4-1-10(2-5-12)8-21-15(22)9-25-17(21)24/h1-7H,8-9H2,(H,20,23). The fraction of sp³-hybridized carbons (Fsp3) is 0.118. The summed E-state index contributed by atoms with van der Waals surface area (Å²) in [5.74, 6) is -1.21. The number of imide groups is 1. The third-order valence-electron chi connectivity index (χ3n) is 3.57. The van der Waals surface area contributed by atoms with Crippen molar-refractivity contribution in [2.45, 2.75) is 6.54 Å². The van der Waals surface area contributed by atoms with E-state index in [9.17, 15) is 18.8 Å². The first-order valence-electron chi connectivity index (χ1n) is 7.26. The molecule has 0 radical (unpaired) electrons. The highest BCUT2D eigenvalue weighted by atomic mass is 79.9. The monoisotopic (exact) mass is 422 g/mol. The quantitative estimate of drug-likeness (QED) is 0.807. The van der Waals surface area contributed by atoms with E-state index in [2.05, 4.69) is 21.2 Å². The lowest BCUT2D eigenvalue weighted by Gasteiger charge is -2.13. The molecule has 3 amide bonds. The van der Waals surface area contributed by atoms with Crippen LogP contribution in [0.4, 0.5) is 14.9 Å². The number of nitrogens with one attached hydrogen (secondary N) is 1. The van der Waals surface area contributed by atoms with Gasteiger partial charge in [-0.25, -0.2) is 4.39 Å². The van der Waals surface area contributed by atoms with E-state index in [-0.39, 0.29) is 29.0 Å². The summed E-state index contributed by atoms with van der Waals surface area (Å²) in [5, 5.41) is 2.36. The van der Waals surface area contributed by atoms with Gasteiger partial charge in [0.1, 0.15) is 5.82 Å². The van der Waals surface area contributed by atoms with Gasteiger partial charge in [-0.15, -0.1) is 0 Å². The summed E-state index contributed by atoms with van der Waals surface area (Å²) in [6, 6.07) is 10.8. The minimum atomic E-state index is -0.610. The molecule has 0 spiro atoms. The summed E-state index contributed by atoms with van der Waals surface area (Å²) in [7, 11) is 0. The van der Waals surface area contributed by atoms with Gasteiger partial charge in [0, 0.05) is 10.2 Å². The fourth-order valence-electron chi connectivity index (χ4n) is 2.28. The van der Waals surface area contributed by atoms with Gasteiger partial charge < -0.3 is 5.32 Å². The van der Waals surface area contributed by atoms with Gasteiger partial charge in [-0.05, 0) is 35.9 Å². The topological polar surface area (TPSA) is 66.5 Å².